The van der Waals surface area contributed by atoms with E-state index in [-0.39, 0.29) is 6.04 Å². The van der Waals surface area contributed by atoms with Gasteiger partial charge < -0.3 is 10.1 Å². The third kappa shape index (κ3) is 3.58. The molecule has 0 spiro atoms. The number of methoxy groups -OCH3 is 1. The smallest absolute Gasteiger partial charge is 0.142 e. The van der Waals surface area contributed by atoms with Crippen molar-refractivity contribution in [2.24, 2.45) is 0 Å². The van der Waals surface area contributed by atoms with Crippen LogP contribution < -0.4 is 10.1 Å². The molecule has 0 aromatic carbocycles. The van der Waals surface area contributed by atoms with Crippen molar-refractivity contribution in [2.75, 3.05) is 13.7 Å². The number of hydrogen-bond donors (Lipinski definition) is 1. The summed E-state index contributed by atoms with van der Waals surface area (Å²) >= 11 is 0. The van der Waals surface area contributed by atoms with Crippen LogP contribution in [0.2, 0.25) is 0 Å². The Bertz CT molecular complexity index is 555. The Labute approximate surface area is 125 Å². The van der Waals surface area contributed by atoms with Gasteiger partial charge in [-0.25, -0.2) is 4.68 Å². The maximum atomic E-state index is 5.45. The van der Waals surface area contributed by atoms with E-state index in [0.717, 1.165) is 42.9 Å². The van der Waals surface area contributed by atoms with E-state index >= 15 is 0 Å². The summed E-state index contributed by atoms with van der Waals surface area (Å²) < 4.78 is 7.40. The van der Waals surface area contributed by atoms with Crippen LogP contribution in [0.15, 0.2) is 24.7 Å². The molecule has 2 rings (SSSR count). The molecular weight excluding hydrogens is 266 g/mol. The molecule has 2 heterocycles. The number of nitrogens with one attached hydrogen (secondary N) is 1. The van der Waals surface area contributed by atoms with Gasteiger partial charge in [0.15, 0.2) is 0 Å². The zero-order chi connectivity index (χ0) is 15.1. The first kappa shape index (κ1) is 15.4. The quantitative estimate of drug-likeness (QED) is 0.807. The number of pyridine rings is 1. The van der Waals surface area contributed by atoms with Crippen molar-refractivity contribution < 1.29 is 4.74 Å². The first-order chi connectivity index (χ1) is 10.3. The molecule has 6 nitrogen and oxygen atoms in total. The molecule has 0 fully saturated rings. The van der Waals surface area contributed by atoms with Crippen LogP contribution >= 0.6 is 0 Å². The maximum Gasteiger partial charge on any atom is 0.142 e. The molecule has 0 saturated carbocycles. The molecule has 1 N–H and O–H groups in total. The number of rotatable bonds is 8. The summed E-state index contributed by atoms with van der Waals surface area (Å²) in [7, 11) is 1.67. The highest BCUT2D eigenvalue weighted by molar-refractivity contribution is 5.37. The SMILES string of the molecule is CCCNC(c1ccncc1OC)c1cnnn1CCC. The van der Waals surface area contributed by atoms with E-state index in [1.54, 1.807) is 19.5 Å². The molecule has 6 heteroatoms. The van der Waals surface area contributed by atoms with E-state index in [9.17, 15) is 0 Å². The van der Waals surface area contributed by atoms with Crippen molar-refractivity contribution in [1.82, 2.24) is 25.3 Å². The van der Waals surface area contributed by atoms with Gasteiger partial charge in [-0.05, 0) is 25.5 Å². The van der Waals surface area contributed by atoms with E-state index in [0.29, 0.717) is 0 Å². The zero-order valence-electron chi connectivity index (χ0n) is 12.9. The largest absolute Gasteiger partial charge is 0.495 e. The van der Waals surface area contributed by atoms with Crippen LogP contribution in [0.4, 0.5) is 0 Å². The normalized spacial score (nSPS) is 12.3. The number of aryl methyl sites for hydroxylation is 1. The minimum atomic E-state index is 0.00412. The molecule has 0 bridgehead atoms. The Morgan fingerprint density at radius 1 is 1.29 bits per heavy atom. The predicted octanol–water partition coefficient (Wildman–Crippen LogP) is 2.18. The zero-order valence-corrected chi connectivity index (χ0v) is 12.9. The lowest BCUT2D eigenvalue weighted by molar-refractivity contribution is 0.399. The Morgan fingerprint density at radius 3 is 2.86 bits per heavy atom. The van der Waals surface area contributed by atoms with Gasteiger partial charge in [0.05, 0.1) is 31.2 Å². The van der Waals surface area contributed by atoms with E-state index in [4.69, 9.17) is 4.74 Å². The fourth-order valence-electron chi connectivity index (χ4n) is 2.34. The van der Waals surface area contributed by atoms with Gasteiger partial charge in [-0.1, -0.05) is 19.1 Å². The molecule has 0 aliphatic carbocycles. The van der Waals surface area contributed by atoms with Gasteiger partial charge in [0.25, 0.3) is 0 Å². The number of aromatic nitrogens is 4. The Balaban J connectivity index is 2.40. The van der Waals surface area contributed by atoms with E-state index in [1.807, 2.05) is 16.9 Å². The molecule has 2 aromatic rings. The Hall–Kier alpha value is -1.95. The van der Waals surface area contributed by atoms with Gasteiger partial charge in [-0.3, -0.25) is 4.98 Å². The second kappa shape index (κ2) is 7.73. The molecule has 2 aromatic heterocycles. The van der Waals surface area contributed by atoms with Crippen molar-refractivity contribution in [2.45, 2.75) is 39.3 Å². The fourth-order valence-corrected chi connectivity index (χ4v) is 2.34. The second-order valence-electron chi connectivity index (χ2n) is 4.89. The molecule has 0 aliphatic heterocycles. The summed E-state index contributed by atoms with van der Waals surface area (Å²) in [6.07, 6.45) is 7.42. The summed E-state index contributed by atoms with van der Waals surface area (Å²) in [5, 5.41) is 11.8. The molecule has 0 aliphatic rings. The third-order valence-corrected chi connectivity index (χ3v) is 3.32. The molecule has 0 radical (unpaired) electrons. The number of hydrogen-bond acceptors (Lipinski definition) is 5. The van der Waals surface area contributed by atoms with Crippen LogP contribution in [0, 0.1) is 0 Å². The molecule has 21 heavy (non-hydrogen) atoms. The molecule has 114 valence electrons. The summed E-state index contributed by atoms with van der Waals surface area (Å²) in [4.78, 5) is 4.13. The standard InChI is InChI=1S/C15H23N5O/c1-4-7-17-15(12-6-8-16-11-14(12)21-3)13-10-18-19-20(13)9-5-2/h6,8,10-11,15,17H,4-5,7,9H2,1-3H3. The van der Waals surface area contributed by atoms with Crippen LogP contribution in [-0.4, -0.2) is 33.6 Å². The van der Waals surface area contributed by atoms with Crippen LogP contribution in [0.1, 0.15) is 44.0 Å². The van der Waals surface area contributed by atoms with Crippen LogP contribution in [-0.2, 0) is 6.54 Å². The third-order valence-electron chi connectivity index (χ3n) is 3.32. The van der Waals surface area contributed by atoms with Gasteiger partial charge in [-0.15, -0.1) is 5.10 Å². The average Bonchev–Trinajstić information content (AvgIpc) is 2.97. The van der Waals surface area contributed by atoms with Crippen LogP contribution in [0.25, 0.3) is 0 Å². The van der Waals surface area contributed by atoms with Crippen molar-refractivity contribution in [3.63, 3.8) is 0 Å². The summed E-state index contributed by atoms with van der Waals surface area (Å²) in [6.45, 7) is 6.04. The summed E-state index contributed by atoms with van der Waals surface area (Å²) in [6, 6.07) is 1.99. The predicted molar refractivity (Wildman–Crippen MR) is 81.2 cm³/mol. The van der Waals surface area contributed by atoms with Gasteiger partial charge >= 0.3 is 0 Å². The first-order valence-electron chi connectivity index (χ1n) is 7.41. The minimum absolute atomic E-state index is 0.00412. The Morgan fingerprint density at radius 2 is 2.14 bits per heavy atom. The van der Waals surface area contributed by atoms with Gasteiger partial charge in [0.1, 0.15) is 5.75 Å². The minimum Gasteiger partial charge on any atom is -0.495 e. The van der Waals surface area contributed by atoms with E-state index < -0.39 is 0 Å². The van der Waals surface area contributed by atoms with Crippen molar-refractivity contribution >= 4 is 0 Å². The molecule has 1 atom stereocenters. The lowest BCUT2D eigenvalue weighted by atomic mass is 10.0. The van der Waals surface area contributed by atoms with Crippen molar-refractivity contribution in [1.29, 1.82) is 0 Å². The van der Waals surface area contributed by atoms with Gasteiger partial charge in [0.2, 0.25) is 0 Å². The molecule has 0 amide bonds. The molecule has 0 saturated heterocycles. The summed E-state index contributed by atoms with van der Waals surface area (Å²) in [5.74, 6) is 0.773. The van der Waals surface area contributed by atoms with Crippen molar-refractivity contribution in [3.8, 4) is 5.75 Å². The average molecular weight is 289 g/mol. The second-order valence-corrected chi connectivity index (χ2v) is 4.89. The van der Waals surface area contributed by atoms with Crippen LogP contribution in [0.3, 0.4) is 0 Å². The summed E-state index contributed by atoms with van der Waals surface area (Å²) in [5.41, 5.74) is 2.11. The van der Waals surface area contributed by atoms with Crippen LogP contribution in [0.5, 0.6) is 5.75 Å². The number of ether oxygens (including phenoxy) is 1. The highest BCUT2D eigenvalue weighted by Crippen LogP contribution is 2.28. The lowest BCUT2D eigenvalue weighted by Crippen LogP contribution is -2.26. The highest BCUT2D eigenvalue weighted by atomic mass is 16.5. The van der Waals surface area contributed by atoms with E-state index in [1.165, 1.54) is 0 Å². The maximum absolute atomic E-state index is 5.45. The first-order valence-corrected chi connectivity index (χ1v) is 7.41. The number of nitrogens with zero attached hydrogens (tertiary/aromatic N) is 4. The Kier molecular flexibility index (Phi) is 5.68. The fraction of sp³-hybridized carbons (Fsp3) is 0.533. The van der Waals surface area contributed by atoms with E-state index in [2.05, 4.69) is 34.5 Å². The topological polar surface area (TPSA) is 64.9 Å². The van der Waals surface area contributed by atoms with Gasteiger partial charge in [-0.2, -0.15) is 0 Å². The molecular formula is C15H23N5O. The van der Waals surface area contributed by atoms with Gasteiger partial charge in [0, 0.05) is 18.3 Å². The molecule has 1 unspecified atom stereocenters. The monoisotopic (exact) mass is 289 g/mol. The van der Waals surface area contributed by atoms with Crippen molar-refractivity contribution in [3.05, 3.63) is 35.9 Å². The lowest BCUT2D eigenvalue weighted by Gasteiger charge is -2.21. The highest BCUT2D eigenvalue weighted by Gasteiger charge is 2.21.